The molecule has 0 amide bonds. The van der Waals surface area contributed by atoms with E-state index in [0.717, 1.165) is 16.9 Å². The summed E-state index contributed by atoms with van der Waals surface area (Å²) in [6.07, 6.45) is 1.57. The molecule has 1 atom stereocenters. The van der Waals surface area contributed by atoms with Crippen LogP contribution in [0.1, 0.15) is 37.9 Å². The summed E-state index contributed by atoms with van der Waals surface area (Å²) in [6, 6.07) is 12.9. The molecule has 10 heteroatoms. The number of thiazole rings is 1. The second kappa shape index (κ2) is 10.1. The number of nitrogens with zero attached hydrogens (tertiary/aromatic N) is 2. The van der Waals surface area contributed by atoms with E-state index in [4.69, 9.17) is 14.2 Å². The number of allylic oxidation sites excluding steroid dienone is 1. The van der Waals surface area contributed by atoms with Crippen LogP contribution in [0.4, 0.5) is 0 Å². The largest absolute Gasteiger partial charge is 0.466 e. The van der Waals surface area contributed by atoms with Crippen LogP contribution in [0.25, 0.3) is 6.08 Å². The van der Waals surface area contributed by atoms with Gasteiger partial charge in [0.2, 0.25) is 0 Å². The molecule has 9 nitrogen and oxygen atoms in total. The number of aromatic nitrogens is 1. The number of ether oxygens (including phenoxy) is 3. The average molecular weight is 507 g/mol. The first-order valence-electron chi connectivity index (χ1n) is 10.9. The molecule has 0 saturated heterocycles. The van der Waals surface area contributed by atoms with Crippen molar-refractivity contribution in [3.63, 3.8) is 0 Å². The second-order valence-corrected chi connectivity index (χ2v) is 8.88. The monoisotopic (exact) mass is 506 g/mol. The first-order valence-corrected chi connectivity index (χ1v) is 11.7. The van der Waals surface area contributed by atoms with Crippen molar-refractivity contribution < 1.29 is 28.6 Å². The Kier molecular flexibility index (Phi) is 6.98. The molecule has 0 radical (unpaired) electrons. The zero-order valence-corrected chi connectivity index (χ0v) is 20.8. The van der Waals surface area contributed by atoms with Crippen LogP contribution >= 0.6 is 11.3 Å². The molecule has 2 aromatic carbocycles. The number of esters is 3. The first kappa shape index (κ1) is 24.8. The highest BCUT2D eigenvalue weighted by Gasteiger charge is 2.32. The SMILES string of the molecule is COC(=O)C1=C(C)N=c2s/c(=C/c3ccc(OC(C)=O)cc3OC(C)=O)c(=O)n2C1c1ccccc1. The molecular formula is C26H22N2O7S. The van der Waals surface area contributed by atoms with Gasteiger partial charge in [-0.1, -0.05) is 41.7 Å². The molecule has 0 saturated carbocycles. The summed E-state index contributed by atoms with van der Waals surface area (Å²) < 4.78 is 17.1. The molecule has 0 aliphatic carbocycles. The topological polar surface area (TPSA) is 113 Å². The molecular weight excluding hydrogens is 484 g/mol. The Morgan fingerprint density at radius 1 is 1.03 bits per heavy atom. The molecule has 3 aromatic rings. The first-order chi connectivity index (χ1) is 17.2. The standard InChI is InChI=1S/C26H22N2O7S/c1-14-22(25(32)33-4)23(17-8-6-5-7-9-17)28-24(31)21(36-26(28)27-14)12-18-10-11-19(34-15(2)29)13-20(18)35-16(3)30/h5-13,23H,1-4H3/b21-12+. The summed E-state index contributed by atoms with van der Waals surface area (Å²) in [6.45, 7) is 4.20. The molecule has 0 N–H and O–H groups in total. The third-order valence-corrected chi connectivity index (χ3v) is 6.31. The van der Waals surface area contributed by atoms with Gasteiger partial charge in [-0.15, -0.1) is 0 Å². The van der Waals surface area contributed by atoms with Crippen molar-refractivity contribution in [3.8, 4) is 11.5 Å². The van der Waals surface area contributed by atoms with Crippen LogP contribution in [0.3, 0.4) is 0 Å². The van der Waals surface area contributed by atoms with Crippen LogP contribution in [0.15, 0.2) is 69.6 Å². The maximum Gasteiger partial charge on any atom is 0.338 e. The fourth-order valence-corrected chi connectivity index (χ4v) is 4.93. The molecule has 2 heterocycles. The van der Waals surface area contributed by atoms with Gasteiger partial charge in [0.05, 0.1) is 29.0 Å². The number of rotatable bonds is 5. The minimum atomic E-state index is -0.726. The predicted molar refractivity (Wildman–Crippen MR) is 131 cm³/mol. The maximum atomic E-state index is 13.6. The Morgan fingerprint density at radius 2 is 1.72 bits per heavy atom. The Labute approximate surface area is 209 Å². The Balaban J connectivity index is 1.92. The lowest BCUT2D eigenvalue weighted by Gasteiger charge is -2.24. The molecule has 1 aliphatic rings. The Morgan fingerprint density at radius 3 is 2.36 bits per heavy atom. The highest BCUT2D eigenvalue weighted by molar-refractivity contribution is 7.07. The molecule has 1 aliphatic heterocycles. The lowest BCUT2D eigenvalue weighted by Crippen LogP contribution is -2.39. The summed E-state index contributed by atoms with van der Waals surface area (Å²) in [5.74, 6) is -1.36. The normalized spacial score (nSPS) is 15.1. The van der Waals surface area contributed by atoms with Crippen LogP contribution in [0, 0.1) is 0 Å². The maximum absolute atomic E-state index is 13.6. The second-order valence-electron chi connectivity index (χ2n) is 7.87. The van der Waals surface area contributed by atoms with Crippen molar-refractivity contribution in [1.29, 1.82) is 0 Å². The van der Waals surface area contributed by atoms with E-state index in [-0.39, 0.29) is 22.6 Å². The summed E-state index contributed by atoms with van der Waals surface area (Å²) in [5.41, 5.74) is 1.50. The van der Waals surface area contributed by atoms with E-state index in [0.29, 0.717) is 20.6 Å². The zero-order valence-electron chi connectivity index (χ0n) is 19.9. The fourth-order valence-electron chi connectivity index (χ4n) is 3.89. The van der Waals surface area contributed by atoms with Crippen LogP contribution in [0.2, 0.25) is 0 Å². The number of carbonyl (C=O) groups is 3. The van der Waals surface area contributed by atoms with E-state index < -0.39 is 23.9 Å². The molecule has 1 unspecified atom stereocenters. The van der Waals surface area contributed by atoms with E-state index in [1.54, 1.807) is 19.1 Å². The zero-order chi connectivity index (χ0) is 26.0. The minimum absolute atomic E-state index is 0.123. The van der Waals surface area contributed by atoms with Gasteiger partial charge in [0, 0.05) is 25.5 Å². The van der Waals surface area contributed by atoms with Gasteiger partial charge < -0.3 is 14.2 Å². The summed E-state index contributed by atoms with van der Waals surface area (Å²) >= 11 is 1.14. The molecule has 184 valence electrons. The highest BCUT2D eigenvalue weighted by atomic mass is 32.1. The van der Waals surface area contributed by atoms with Crippen LogP contribution in [-0.4, -0.2) is 29.6 Å². The molecule has 0 fully saturated rings. The fraction of sp³-hybridized carbons (Fsp3) is 0.192. The van der Waals surface area contributed by atoms with Gasteiger partial charge in [-0.2, -0.15) is 0 Å². The van der Waals surface area contributed by atoms with Crippen LogP contribution < -0.4 is 24.4 Å². The molecule has 4 rings (SSSR count). The van der Waals surface area contributed by atoms with Gasteiger partial charge in [-0.3, -0.25) is 19.0 Å². The van der Waals surface area contributed by atoms with Crippen LogP contribution in [-0.2, 0) is 19.1 Å². The van der Waals surface area contributed by atoms with Gasteiger partial charge in [0.1, 0.15) is 11.5 Å². The van der Waals surface area contributed by atoms with Crippen molar-refractivity contribution in [1.82, 2.24) is 4.57 Å². The Bertz CT molecular complexity index is 1580. The summed E-state index contributed by atoms with van der Waals surface area (Å²) in [7, 11) is 1.28. The minimum Gasteiger partial charge on any atom is -0.466 e. The van der Waals surface area contributed by atoms with Gasteiger partial charge >= 0.3 is 17.9 Å². The number of hydrogen-bond acceptors (Lipinski definition) is 9. The number of fused-ring (bicyclic) bond motifs is 1. The molecule has 36 heavy (non-hydrogen) atoms. The molecule has 0 spiro atoms. The van der Waals surface area contributed by atoms with Crippen molar-refractivity contribution in [3.05, 3.63) is 90.6 Å². The number of methoxy groups -OCH3 is 1. The lowest BCUT2D eigenvalue weighted by atomic mass is 9.96. The molecule has 0 bridgehead atoms. The average Bonchev–Trinajstić information content (AvgIpc) is 3.13. The van der Waals surface area contributed by atoms with E-state index in [9.17, 15) is 19.2 Å². The highest BCUT2D eigenvalue weighted by Crippen LogP contribution is 2.30. The number of benzene rings is 2. The quantitative estimate of drug-likeness (QED) is 0.385. The van der Waals surface area contributed by atoms with E-state index >= 15 is 0 Å². The molecule has 1 aromatic heterocycles. The van der Waals surface area contributed by atoms with Gasteiger partial charge in [0.15, 0.2) is 4.80 Å². The van der Waals surface area contributed by atoms with Gasteiger partial charge in [-0.05, 0) is 30.7 Å². The number of carbonyl (C=O) groups excluding carboxylic acids is 3. The van der Waals surface area contributed by atoms with Crippen molar-refractivity contribution in [2.75, 3.05) is 7.11 Å². The lowest BCUT2D eigenvalue weighted by molar-refractivity contribution is -0.137. The van der Waals surface area contributed by atoms with E-state index in [1.165, 1.54) is 37.7 Å². The predicted octanol–water partition coefficient (Wildman–Crippen LogP) is 2.26. The van der Waals surface area contributed by atoms with Gasteiger partial charge in [0.25, 0.3) is 5.56 Å². The van der Waals surface area contributed by atoms with Gasteiger partial charge in [-0.25, -0.2) is 9.79 Å². The van der Waals surface area contributed by atoms with E-state index in [1.807, 2.05) is 30.3 Å². The number of hydrogen-bond donors (Lipinski definition) is 0. The van der Waals surface area contributed by atoms with Crippen LogP contribution in [0.5, 0.6) is 11.5 Å². The third-order valence-electron chi connectivity index (χ3n) is 5.33. The van der Waals surface area contributed by atoms with Crippen molar-refractivity contribution in [2.45, 2.75) is 26.8 Å². The van der Waals surface area contributed by atoms with Crippen molar-refractivity contribution >= 4 is 35.3 Å². The van der Waals surface area contributed by atoms with Crippen molar-refractivity contribution in [2.24, 2.45) is 4.99 Å². The summed E-state index contributed by atoms with van der Waals surface area (Å²) in [4.78, 5) is 54.2. The third kappa shape index (κ3) is 4.89. The Hall–Kier alpha value is -4.31. The summed E-state index contributed by atoms with van der Waals surface area (Å²) in [5, 5.41) is 0. The van der Waals surface area contributed by atoms with E-state index in [2.05, 4.69) is 4.99 Å². The smallest absolute Gasteiger partial charge is 0.338 e.